The third-order valence-corrected chi connectivity index (χ3v) is 3.91. The highest BCUT2D eigenvalue weighted by Gasteiger charge is 2.14. The van der Waals surface area contributed by atoms with E-state index in [2.05, 4.69) is 33.7 Å². The largest absolute Gasteiger partial charge is 0.376 e. The minimum absolute atomic E-state index is 0.281. The van der Waals surface area contributed by atoms with Crippen molar-refractivity contribution in [3.63, 3.8) is 0 Å². The highest BCUT2D eigenvalue weighted by molar-refractivity contribution is 5.79. The zero-order valence-corrected chi connectivity index (χ0v) is 13.7. The van der Waals surface area contributed by atoms with Gasteiger partial charge in [0.15, 0.2) is 5.96 Å². The molecule has 23 heavy (non-hydrogen) atoms. The first kappa shape index (κ1) is 15.8. The van der Waals surface area contributed by atoms with Crippen molar-refractivity contribution in [1.82, 2.24) is 20.0 Å². The number of pyridine rings is 1. The van der Waals surface area contributed by atoms with E-state index in [0.717, 1.165) is 62.8 Å². The van der Waals surface area contributed by atoms with Gasteiger partial charge in [-0.3, -0.25) is 4.99 Å². The Balaban J connectivity index is 1.50. The first-order valence-electron chi connectivity index (χ1n) is 8.41. The molecule has 2 N–H and O–H groups in total. The molecule has 1 aliphatic rings. The molecule has 0 aliphatic carbocycles. The van der Waals surface area contributed by atoms with Gasteiger partial charge in [-0.15, -0.1) is 0 Å². The van der Waals surface area contributed by atoms with Crippen LogP contribution in [0.5, 0.6) is 0 Å². The minimum atomic E-state index is 0.281. The monoisotopic (exact) mass is 315 g/mol. The van der Waals surface area contributed by atoms with Crippen LogP contribution in [-0.4, -0.2) is 47.7 Å². The SMILES string of the molecule is CCNC(=NCC1CCCO1)NCCc1cn2ccccc2n1. The van der Waals surface area contributed by atoms with Crippen LogP contribution < -0.4 is 10.6 Å². The maximum Gasteiger partial charge on any atom is 0.191 e. The Morgan fingerprint density at radius 3 is 3.17 bits per heavy atom. The molecule has 124 valence electrons. The Morgan fingerprint density at radius 2 is 2.39 bits per heavy atom. The molecule has 1 saturated heterocycles. The minimum Gasteiger partial charge on any atom is -0.376 e. The van der Waals surface area contributed by atoms with Crippen LogP contribution in [0.25, 0.3) is 5.65 Å². The maximum atomic E-state index is 5.61. The number of rotatable bonds is 6. The number of imidazole rings is 1. The molecule has 1 atom stereocenters. The Bertz CT molecular complexity index is 612. The molecular formula is C17H25N5O. The summed E-state index contributed by atoms with van der Waals surface area (Å²) in [6, 6.07) is 6.03. The van der Waals surface area contributed by atoms with Gasteiger partial charge in [-0.1, -0.05) is 6.07 Å². The lowest BCUT2D eigenvalue weighted by molar-refractivity contribution is 0.117. The normalized spacial score (nSPS) is 18.5. The summed E-state index contributed by atoms with van der Waals surface area (Å²) in [6.07, 6.45) is 7.51. The van der Waals surface area contributed by atoms with Gasteiger partial charge in [-0.25, -0.2) is 4.98 Å². The Hall–Kier alpha value is -2.08. The summed E-state index contributed by atoms with van der Waals surface area (Å²) in [5, 5.41) is 6.65. The van der Waals surface area contributed by atoms with Crippen molar-refractivity contribution in [3.05, 3.63) is 36.3 Å². The summed E-state index contributed by atoms with van der Waals surface area (Å²) in [6.45, 7) is 5.33. The average Bonchev–Trinajstić information content (AvgIpc) is 3.21. The molecule has 0 amide bonds. The second-order valence-corrected chi connectivity index (χ2v) is 5.73. The van der Waals surface area contributed by atoms with Crippen molar-refractivity contribution >= 4 is 11.6 Å². The fraction of sp³-hybridized carbons (Fsp3) is 0.529. The Labute approximate surface area is 137 Å². The van der Waals surface area contributed by atoms with Gasteiger partial charge in [0.25, 0.3) is 0 Å². The summed E-state index contributed by atoms with van der Waals surface area (Å²) in [5.41, 5.74) is 2.07. The van der Waals surface area contributed by atoms with Crippen LogP contribution in [0.15, 0.2) is 35.6 Å². The smallest absolute Gasteiger partial charge is 0.191 e. The standard InChI is InChI=1S/C17H25N5O/c1-2-18-17(20-12-15-6-5-11-23-15)19-9-8-14-13-22-10-4-3-7-16(22)21-14/h3-4,7,10,13,15H,2,5-6,8-9,11-12H2,1H3,(H2,18,19,20). The van der Waals surface area contributed by atoms with Crippen molar-refractivity contribution in [3.8, 4) is 0 Å². The van der Waals surface area contributed by atoms with Gasteiger partial charge in [0.2, 0.25) is 0 Å². The molecule has 0 bridgehead atoms. The zero-order valence-electron chi connectivity index (χ0n) is 13.7. The van der Waals surface area contributed by atoms with Gasteiger partial charge < -0.3 is 19.8 Å². The molecule has 1 unspecified atom stereocenters. The van der Waals surface area contributed by atoms with E-state index in [1.54, 1.807) is 0 Å². The first-order chi connectivity index (χ1) is 11.3. The molecule has 3 rings (SSSR count). The van der Waals surface area contributed by atoms with Crippen LogP contribution in [0, 0.1) is 0 Å². The van der Waals surface area contributed by atoms with Gasteiger partial charge >= 0.3 is 0 Å². The van der Waals surface area contributed by atoms with Crippen LogP contribution in [0.4, 0.5) is 0 Å². The molecule has 2 aromatic heterocycles. The topological polar surface area (TPSA) is 63.0 Å². The summed E-state index contributed by atoms with van der Waals surface area (Å²) in [5.74, 6) is 0.853. The number of fused-ring (bicyclic) bond motifs is 1. The van der Waals surface area contributed by atoms with E-state index >= 15 is 0 Å². The molecule has 2 aromatic rings. The van der Waals surface area contributed by atoms with E-state index in [0.29, 0.717) is 0 Å². The summed E-state index contributed by atoms with van der Waals surface area (Å²) >= 11 is 0. The fourth-order valence-electron chi connectivity index (χ4n) is 2.74. The second-order valence-electron chi connectivity index (χ2n) is 5.73. The van der Waals surface area contributed by atoms with Crippen LogP contribution in [0.3, 0.4) is 0 Å². The number of aliphatic imine (C=N–C) groups is 1. The highest BCUT2D eigenvalue weighted by atomic mass is 16.5. The van der Waals surface area contributed by atoms with Crippen LogP contribution in [0.2, 0.25) is 0 Å². The maximum absolute atomic E-state index is 5.61. The number of nitrogens with one attached hydrogen (secondary N) is 2. The molecule has 0 saturated carbocycles. The average molecular weight is 315 g/mol. The molecule has 1 aliphatic heterocycles. The number of hydrogen-bond acceptors (Lipinski definition) is 3. The number of hydrogen-bond donors (Lipinski definition) is 2. The molecule has 3 heterocycles. The Kier molecular flexibility index (Phi) is 5.47. The summed E-state index contributed by atoms with van der Waals surface area (Å²) in [7, 11) is 0. The number of aromatic nitrogens is 2. The van der Waals surface area contributed by atoms with E-state index in [1.807, 2.05) is 28.8 Å². The fourth-order valence-corrected chi connectivity index (χ4v) is 2.74. The quantitative estimate of drug-likeness (QED) is 0.628. The van der Waals surface area contributed by atoms with Gasteiger partial charge in [-0.2, -0.15) is 0 Å². The lowest BCUT2D eigenvalue weighted by Crippen LogP contribution is -2.39. The predicted octanol–water partition coefficient (Wildman–Crippen LogP) is 1.61. The number of nitrogens with zero attached hydrogens (tertiary/aromatic N) is 3. The molecular weight excluding hydrogens is 290 g/mol. The van der Waals surface area contributed by atoms with E-state index in [-0.39, 0.29) is 6.10 Å². The van der Waals surface area contributed by atoms with Crippen LogP contribution in [0.1, 0.15) is 25.5 Å². The van der Waals surface area contributed by atoms with Gasteiger partial charge in [0, 0.05) is 38.5 Å². The van der Waals surface area contributed by atoms with Crippen LogP contribution >= 0.6 is 0 Å². The molecule has 6 heteroatoms. The molecule has 6 nitrogen and oxygen atoms in total. The van der Waals surface area contributed by atoms with Crippen LogP contribution in [-0.2, 0) is 11.2 Å². The second kappa shape index (κ2) is 7.97. The van der Waals surface area contributed by atoms with Gasteiger partial charge in [0.05, 0.1) is 18.3 Å². The van der Waals surface area contributed by atoms with Crippen molar-refractivity contribution in [2.24, 2.45) is 4.99 Å². The van der Waals surface area contributed by atoms with E-state index in [4.69, 9.17) is 4.74 Å². The third kappa shape index (κ3) is 4.45. The summed E-state index contributed by atoms with van der Waals surface area (Å²) < 4.78 is 7.66. The van der Waals surface area contributed by atoms with E-state index in [1.165, 1.54) is 0 Å². The molecule has 0 aromatic carbocycles. The highest BCUT2D eigenvalue weighted by Crippen LogP contribution is 2.11. The predicted molar refractivity (Wildman–Crippen MR) is 91.9 cm³/mol. The zero-order chi connectivity index (χ0) is 15.9. The number of ether oxygens (including phenoxy) is 1. The van der Waals surface area contributed by atoms with Crippen molar-refractivity contribution in [2.75, 3.05) is 26.2 Å². The third-order valence-electron chi connectivity index (χ3n) is 3.91. The van der Waals surface area contributed by atoms with Crippen molar-refractivity contribution < 1.29 is 4.74 Å². The van der Waals surface area contributed by atoms with E-state index in [9.17, 15) is 0 Å². The van der Waals surface area contributed by atoms with Gasteiger partial charge in [-0.05, 0) is 31.9 Å². The Morgan fingerprint density at radius 1 is 1.43 bits per heavy atom. The van der Waals surface area contributed by atoms with E-state index < -0.39 is 0 Å². The lowest BCUT2D eigenvalue weighted by atomic mass is 10.2. The van der Waals surface area contributed by atoms with Crippen molar-refractivity contribution in [2.45, 2.75) is 32.3 Å². The molecule has 0 radical (unpaired) electrons. The van der Waals surface area contributed by atoms with Gasteiger partial charge in [0.1, 0.15) is 5.65 Å². The lowest BCUT2D eigenvalue weighted by Gasteiger charge is -2.12. The summed E-state index contributed by atoms with van der Waals surface area (Å²) in [4.78, 5) is 9.22. The number of guanidine groups is 1. The molecule has 0 spiro atoms. The first-order valence-corrected chi connectivity index (χ1v) is 8.41. The molecule has 1 fully saturated rings. The van der Waals surface area contributed by atoms with Crippen molar-refractivity contribution in [1.29, 1.82) is 0 Å².